The monoisotopic (exact) mass is 197 g/mol. The molecule has 0 bridgehead atoms. The van der Waals surface area contributed by atoms with Crippen molar-refractivity contribution in [1.82, 2.24) is 10.2 Å². The summed E-state index contributed by atoms with van der Waals surface area (Å²) in [5, 5.41) is 6.27. The first-order valence-corrected chi connectivity index (χ1v) is 4.63. The molecule has 0 aromatic heterocycles. The van der Waals surface area contributed by atoms with Gasteiger partial charge in [0.25, 0.3) is 0 Å². The molecule has 6 nitrogen and oxygen atoms in total. The maximum Gasteiger partial charge on any atom is 0.239 e. The summed E-state index contributed by atoms with van der Waals surface area (Å²) in [5.41, 5.74) is 7.64. The van der Waals surface area contributed by atoms with E-state index in [0.29, 0.717) is 19.6 Å². The molecule has 14 heavy (non-hydrogen) atoms. The molecule has 1 N–H and O–H groups in total. The molecule has 0 unspecified atom stereocenters. The van der Waals surface area contributed by atoms with E-state index in [4.69, 9.17) is 5.53 Å². The Labute approximate surface area is 82.9 Å². The zero-order chi connectivity index (χ0) is 10.6. The Morgan fingerprint density at radius 2 is 2.43 bits per heavy atom. The van der Waals surface area contributed by atoms with Crippen LogP contribution < -0.4 is 5.32 Å². The molecule has 1 aliphatic rings. The normalized spacial score (nSPS) is 21.1. The first kappa shape index (κ1) is 10.8. The average molecular weight is 197 g/mol. The van der Waals surface area contributed by atoms with Crippen molar-refractivity contribution in [3.8, 4) is 0 Å². The van der Waals surface area contributed by atoms with E-state index < -0.39 is 5.54 Å². The quantitative estimate of drug-likeness (QED) is 0.406. The lowest BCUT2D eigenvalue weighted by Gasteiger charge is -2.40. The van der Waals surface area contributed by atoms with Crippen molar-refractivity contribution in [3.63, 3.8) is 0 Å². The summed E-state index contributed by atoms with van der Waals surface area (Å²) in [6, 6.07) is 0. The number of rotatable bonds is 3. The number of amides is 1. The Kier molecular flexibility index (Phi) is 3.33. The molecule has 6 heteroatoms. The Balaban J connectivity index is 2.57. The molecule has 1 amide bonds. The lowest BCUT2D eigenvalue weighted by Crippen LogP contribution is -2.62. The third kappa shape index (κ3) is 2.16. The van der Waals surface area contributed by atoms with Crippen molar-refractivity contribution < 1.29 is 4.79 Å². The van der Waals surface area contributed by atoms with Gasteiger partial charge in [0.1, 0.15) is 0 Å². The van der Waals surface area contributed by atoms with Crippen LogP contribution in [-0.2, 0) is 4.79 Å². The summed E-state index contributed by atoms with van der Waals surface area (Å²) in [5.74, 6) is 0.0321. The molecule has 78 valence electrons. The van der Waals surface area contributed by atoms with Gasteiger partial charge in [-0.3, -0.25) is 9.69 Å². The number of nitrogens with zero attached hydrogens (tertiary/aromatic N) is 4. The summed E-state index contributed by atoms with van der Waals surface area (Å²) in [7, 11) is 0. The standard InChI is InChI=1S/C8H15N5O/c1-8(2)7(14)10-3-5-13(8)6-4-11-12-9/h3-6H2,1-2H3,(H,10,14). The van der Waals surface area contributed by atoms with E-state index in [-0.39, 0.29) is 5.91 Å². The highest BCUT2D eigenvalue weighted by molar-refractivity contribution is 5.86. The fraction of sp³-hybridized carbons (Fsp3) is 0.875. The van der Waals surface area contributed by atoms with Gasteiger partial charge in [-0.2, -0.15) is 0 Å². The summed E-state index contributed by atoms with van der Waals surface area (Å²) in [6.07, 6.45) is 0. The van der Waals surface area contributed by atoms with E-state index in [0.717, 1.165) is 6.54 Å². The minimum absolute atomic E-state index is 0.0321. The predicted molar refractivity (Wildman–Crippen MR) is 52.7 cm³/mol. The van der Waals surface area contributed by atoms with Gasteiger partial charge in [0.05, 0.1) is 5.54 Å². The number of carbonyl (C=O) groups is 1. The van der Waals surface area contributed by atoms with E-state index in [2.05, 4.69) is 15.3 Å². The number of hydrogen-bond donors (Lipinski definition) is 1. The van der Waals surface area contributed by atoms with Gasteiger partial charge in [0.2, 0.25) is 5.91 Å². The van der Waals surface area contributed by atoms with Gasteiger partial charge in [0.15, 0.2) is 0 Å². The number of piperazine rings is 1. The van der Waals surface area contributed by atoms with Crippen LogP contribution in [-0.4, -0.2) is 42.5 Å². The second kappa shape index (κ2) is 4.30. The molecule has 0 saturated carbocycles. The lowest BCUT2D eigenvalue weighted by atomic mass is 9.99. The zero-order valence-corrected chi connectivity index (χ0v) is 8.53. The van der Waals surface area contributed by atoms with Crippen LogP contribution in [0.2, 0.25) is 0 Å². The molecule has 1 saturated heterocycles. The van der Waals surface area contributed by atoms with Gasteiger partial charge in [-0.25, -0.2) is 0 Å². The fourth-order valence-corrected chi connectivity index (χ4v) is 1.55. The summed E-state index contributed by atoms with van der Waals surface area (Å²) in [4.78, 5) is 16.2. The van der Waals surface area contributed by atoms with E-state index in [9.17, 15) is 4.79 Å². The first-order chi connectivity index (χ1) is 6.59. The number of azide groups is 1. The summed E-state index contributed by atoms with van der Waals surface area (Å²) >= 11 is 0. The van der Waals surface area contributed by atoms with Crippen LogP contribution in [0.1, 0.15) is 13.8 Å². The minimum Gasteiger partial charge on any atom is -0.353 e. The molecular weight excluding hydrogens is 182 g/mol. The molecule has 0 spiro atoms. The van der Waals surface area contributed by atoms with Gasteiger partial charge < -0.3 is 5.32 Å². The maximum absolute atomic E-state index is 11.5. The van der Waals surface area contributed by atoms with Crippen LogP contribution in [0.15, 0.2) is 5.11 Å². The molecule has 0 aromatic carbocycles. The topological polar surface area (TPSA) is 81.1 Å². The Hall–Kier alpha value is -1.26. The van der Waals surface area contributed by atoms with E-state index in [1.807, 2.05) is 18.7 Å². The molecule has 0 atom stereocenters. The van der Waals surface area contributed by atoms with Gasteiger partial charge in [-0.05, 0) is 19.4 Å². The third-order valence-electron chi connectivity index (χ3n) is 2.55. The highest BCUT2D eigenvalue weighted by Crippen LogP contribution is 2.16. The Morgan fingerprint density at radius 1 is 1.71 bits per heavy atom. The van der Waals surface area contributed by atoms with Crippen molar-refractivity contribution in [2.75, 3.05) is 26.2 Å². The Morgan fingerprint density at radius 3 is 3.07 bits per heavy atom. The average Bonchev–Trinajstić information content (AvgIpc) is 2.13. The molecule has 1 aliphatic heterocycles. The molecule has 1 heterocycles. The predicted octanol–water partition coefficient (Wildman–Crippen LogP) is 0.507. The van der Waals surface area contributed by atoms with Gasteiger partial charge in [-0.1, -0.05) is 5.11 Å². The highest BCUT2D eigenvalue weighted by atomic mass is 16.2. The van der Waals surface area contributed by atoms with Crippen LogP contribution >= 0.6 is 0 Å². The highest BCUT2D eigenvalue weighted by Gasteiger charge is 2.36. The third-order valence-corrected chi connectivity index (χ3v) is 2.55. The molecular formula is C8H15N5O. The van der Waals surface area contributed by atoms with Crippen LogP contribution in [0.4, 0.5) is 0 Å². The van der Waals surface area contributed by atoms with Crippen molar-refractivity contribution >= 4 is 5.91 Å². The Bertz CT molecular complexity index is 269. The lowest BCUT2D eigenvalue weighted by molar-refractivity contribution is -0.134. The second-order valence-corrected chi connectivity index (χ2v) is 3.76. The van der Waals surface area contributed by atoms with Crippen LogP contribution in [0.25, 0.3) is 10.4 Å². The number of hydrogen-bond acceptors (Lipinski definition) is 3. The van der Waals surface area contributed by atoms with Crippen LogP contribution in [0.5, 0.6) is 0 Å². The molecule has 1 rings (SSSR count). The van der Waals surface area contributed by atoms with Crippen molar-refractivity contribution in [1.29, 1.82) is 0 Å². The minimum atomic E-state index is -0.497. The first-order valence-electron chi connectivity index (χ1n) is 4.63. The largest absolute Gasteiger partial charge is 0.353 e. The smallest absolute Gasteiger partial charge is 0.239 e. The number of nitrogens with one attached hydrogen (secondary N) is 1. The molecule has 0 aromatic rings. The van der Waals surface area contributed by atoms with Gasteiger partial charge >= 0.3 is 0 Å². The molecule has 0 aliphatic carbocycles. The summed E-state index contributed by atoms with van der Waals surface area (Å²) in [6.45, 7) is 6.26. The number of carbonyl (C=O) groups excluding carboxylic acids is 1. The van der Waals surface area contributed by atoms with Crippen molar-refractivity contribution in [2.24, 2.45) is 5.11 Å². The van der Waals surface area contributed by atoms with Gasteiger partial charge in [-0.15, -0.1) is 0 Å². The van der Waals surface area contributed by atoms with Crippen LogP contribution in [0, 0.1) is 0 Å². The molecule has 1 fully saturated rings. The van der Waals surface area contributed by atoms with E-state index in [1.54, 1.807) is 0 Å². The van der Waals surface area contributed by atoms with Gasteiger partial charge in [0, 0.05) is 31.1 Å². The summed E-state index contributed by atoms with van der Waals surface area (Å²) < 4.78 is 0. The fourth-order valence-electron chi connectivity index (χ4n) is 1.55. The maximum atomic E-state index is 11.5. The van der Waals surface area contributed by atoms with E-state index in [1.165, 1.54) is 0 Å². The molecule has 0 radical (unpaired) electrons. The van der Waals surface area contributed by atoms with Crippen molar-refractivity contribution in [2.45, 2.75) is 19.4 Å². The van der Waals surface area contributed by atoms with E-state index >= 15 is 0 Å². The zero-order valence-electron chi connectivity index (χ0n) is 8.53. The van der Waals surface area contributed by atoms with Crippen LogP contribution in [0.3, 0.4) is 0 Å². The SMILES string of the molecule is CC1(C)C(=O)NCCN1CCN=[N+]=[N-]. The second-order valence-electron chi connectivity index (χ2n) is 3.76. The van der Waals surface area contributed by atoms with Crippen molar-refractivity contribution in [3.05, 3.63) is 10.4 Å².